The monoisotopic (exact) mass is 285 g/mol. The van der Waals surface area contributed by atoms with E-state index in [0.29, 0.717) is 38.6 Å². The van der Waals surface area contributed by atoms with Crippen LogP contribution in [0.4, 0.5) is 0 Å². The number of ether oxygens (including phenoxy) is 2. The van der Waals surface area contributed by atoms with Crippen molar-refractivity contribution in [3.63, 3.8) is 0 Å². The third-order valence-electron chi connectivity index (χ3n) is 4.42. The van der Waals surface area contributed by atoms with Gasteiger partial charge >= 0.3 is 0 Å². The van der Waals surface area contributed by atoms with E-state index in [-0.39, 0.29) is 5.91 Å². The van der Waals surface area contributed by atoms with Crippen LogP contribution in [0.1, 0.15) is 25.7 Å². The van der Waals surface area contributed by atoms with Crippen molar-refractivity contribution in [2.24, 2.45) is 5.73 Å². The van der Waals surface area contributed by atoms with Crippen molar-refractivity contribution in [1.29, 1.82) is 0 Å². The molecule has 2 heterocycles. The maximum Gasteiger partial charge on any atom is 0.240 e. The van der Waals surface area contributed by atoms with E-state index in [2.05, 4.69) is 10.2 Å². The molecule has 0 bridgehead atoms. The molecule has 2 rings (SSSR count). The van der Waals surface area contributed by atoms with Gasteiger partial charge in [-0.3, -0.25) is 9.69 Å². The molecule has 2 aliphatic heterocycles. The molecule has 0 aliphatic carbocycles. The summed E-state index contributed by atoms with van der Waals surface area (Å²) >= 11 is 0. The van der Waals surface area contributed by atoms with Gasteiger partial charge in [0.2, 0.25) is 5.91 Å². The van der Waals surface area contributed by atoms with Crippen LogP contribution in [0, 0.1) is 0 Å². The van der Waals surface area contributed by atoms with Gasteiger partial charge < -0.3 is 20.5 Å². The lowest BCUT2D eigenvalue weighted by atomic mass is 9.90. The van der Waals surface area contributed by atoms with Gasteiger partial charge in [-0.15, -0.1) is 0 Å². The van der Waals surface area contributed by atoms with Gasteiger partial charge in [0.05, 0.1) is 12.1 Å². The van der Waals surface area contributed by atoms with Crippen molar-refractivity contribution >= 4 is 5.91 Å². The van der Waals surface area contributed by atoms with E-state index in [1.807, 2.05) is 0 Å². The predicted molar refractivity (Wildman–Crippen MR) is 76.5 cm³/mol. The van der Waals surface area contributed by atoms with Crippen LogP contribution in [-0.4, -0.2) is 69.0 Å². The second-order valence-electron chi connectivity index (χ2n) is 5.80. The van der Waals surface area contributed by atoms with Crippen LogP contribution in [0.3, 0.4) is 0 Å². The number of carbonyl (C=O) groups is 1. The number of amides is 1. The van der Waals surface area contributed by atoms with Crippen LogP contribution in [0.2, 0.25) is 0 Å². The van der Waals surface area contributed by atoms with E-state index < -0.39 is 5.54 Å². The summed E-state index contributed by atoms with van der Waals surface area (Å²) in [5.41, 5.74) is 5.43. The minimum absolute atomic E-state index is 0.0283. The molecule has 0 aromatic carbocycles. The van der Waals surface area contributed by atoms with Crippen molar-refractivity contribution in [1.82, 2.24) is 10.2 Å². The lowest BCUT2D eigenvalue weighted by molar-refractivity contribution is -0.130. The summed E-state index contributed by atoms with van der Waals surface area (Å²) in [5, 5.41) is 3.04. The van der Waals surface area contributed by atoms with Crippen molar-refractivity contribution in [2.45, 2.75) is 37.3 Å². The van der Waals surface area contributed by atoms with Crippen LogP contribution < -0.4 is 11.1 Å². The summed E-state index contributed by atoms with van der Waals surface area (Å²) in [6.07, 6.45) is 3.53. The Labute approximate surface area is 121 Å². The zero-order chi connectivity index (χ0) is 14.4. The fourth-order valence-corrected chi connectivity index (χ4v) is 2.98. The second kappa shape index (κ2) is 7.36. The number of hydrogen-bond acceptors (Lipinski definition) is 5. The zero-order valence-corrected chi connectivity index (χ0v) is 12.4. The number of likely N-dealkylation sites (tertiary alicyclic amines) is 1. The second-order valence-corrected chi connectivity index (χ2v) is 5.80. The van der Waals surface area contributed by atoms with E-state index in [1.54, 1.807) is 7.11 Å². The Bertz CT molecular complexity index is 319. The Kier molecular flexibility index (Phi) is 5.77. The fourth-order valence-electron chi connectivity index (χ4n) is 2.98. The lowest BCUT2D eigenvalue weighted by Gasteiger charge is -2.33. The predicted octanol–water partition coefficient (Wildman–Crippen LogP) is -0.279. The van der Waals surface area contributed by atoms with Crippen LogP contribution in [0.5, 0.6) is 0 Å². The number of rotatable bonds is 6. The molecule has 0 aromatic heterocycles. The van der Waals surface area contributed by atoms with Crippen molar-refractivity contribution in [3.8, 4) is 0 Å². The van der Waals surface area contributed by atoms with Gasteiger partial charge in [-0.1, -0.05) is 0 Å². The first kappa shape index (κ1) is 15.7. The van der Waals surface area contributed by atoms with Crippen LogP contribution in [0.15, 0.2) is 0 Å². The van der Waals surface area contributed by atoms with E-state index in [9.17, 15) is 4.79 Å². The average molecular weight is 285 g/mol. The standard InChI is InChI=1S/C14H27N3O3/c1-19-10-7-17-6-2-3-12(17)11-16-13(18)14(15)4-8-20-9-5-14/h12H,2-11,15H2,1H3,(H,16,18). The molecule has 20 heavy (non-hydrogen) atoms. The maximum absolute atomic E-state index is 12.3. The van der Waals surface area contributed by atoms with Gasteiger partial charge in [0, 0.05) is 39.5 Å². The molecule has 0 radical (unpaired) electrons. The van der Waals surface area contributed by atoms with Crippen molar-refractivity contribution in [3.05, 3.63) is 0 Å². The minimum atomic E-state index is -0.742. The Morgan fingerprint density at radius 3 is 2.95 bits per heavy atom. The van der Waals surface area contributed by atoms with Crippen LogP contribution in [-0.2, 0) is 14.3 Å². The normalized spacial score (nSPS) is 26.6. The first-order valence-corrected chi connectivity index (χ1v) is 7.53. The fraction of sp³-hybridized carbons (Fsp3) is 0.929. The van der Waals surface area contributed by atoms with Gasteiger partial charge in [-0.05, 0) is 32.2 Å². The Morgan fingerprint density at radius 1 is 1.50 bits per heavy atom. The van der Waals surface area contributed by atoms with E-state index in [0.717, 1.165) is 26.1 Å². The smallest absolute Gasteiger partial charge is 0.240 e. The molecule has 6 heteroatoms. The summed E-state index contributed by atoms with van der Waals surface area (Å²) in [6.45, 7) is 4.59. The lowest BCUT2D eigenvalue weighted by Crippen LogP contribution is -2.58. The molecule has 0 spiro atoms. The summed E-state index contributed by atoms with van der Waals surface area (Å²) in [4.78, 5) is 14.6. The molecular formula is C14H27N3O3. The molecule has 0 aromatic rings. The van der Waals surface area contributed by atoms with E-state index in [1.165, 1.54) is 6.42 Å². The highest BCUT2D eigenvalue weighted by molar-refractivity contribution is 5.86. The molecule has 0 saturated carbocycles. The third-order valence-corrected chi connectivity index (χ3v) is 4.42. The van der Waals surface area contributed by atoms with E-state index >= 15 is 0 Å². The number of methoxy groups -OCH3 is 1. The van der Waals surface area contributed by atoms with Crippen LogP contribution in [0.25, 0.3) is 0 Å². The number of nitrogens with one attached hydrogen (secondary N) is 1. The van der Waals surface area contributed by atoms with Gasteiger partial charge in [-0.2, -0.15) is 0 Å². The average Bonchev–Trinajstić information content (AvgIpc) is 2.90. The van der Waals surface area contributed by atoms with Gasteiger partial charge in [-0.25, -0.2) is 0 Å². The minimum Gasteiger partial charge on any atom is -0.383 e. The highest BCUT2D eigenvalue weighted by atomic mass is 16.5. The Hall–Kier alpha value is -0.690. The summed E-state index contributed by atoms with van der Waals surface area (Å²) in [7, 11) is 1.72. The Balaban J connectivity index is 1.77. The van der Waals surface area contributed by atoms with Gasteiger partial charge in [0.15, 0.2) is 0 Å². The molecule has 1 amide bonds. The molecule has 1 atom stereocenters. The topological polar surface area (TPSA) is 76.8 Å². The van der Waals surface area contributed by atoms with E-state index in [4.69, 9.17) is 15.2 Å². The third kappa shape index (κ3) is 3.91. The largest absolute Gasteiger partial charge is 0.383 e. The zero-order valence-electron chi connectivity index (χ0n) is 12.4. The highest BCUT2D eigenvalue weighted by Gasteiger charge is 2.36. The molecule has 6 nitrogen and oxygen atoms in total. The number of carbonyl (C=O) groups excluding carboxylic acids is 1. The molecular weight excluding hydrogens is 258 g/mol. The molecule has 3 N–H and O–H groups in total. The summed E-state index contributed by atoms with van der Waals surface area (Å²) in [6, 6.07) is 0.414. The summed E-state index contributed by atoms with van der Waals surface area (Å²) in [5.74, 6) is -0.0283. The molecule has 2 fully saturated rings. The Morgan fingerprint density at radius 2 is 2.25 bits per heavy atom. The highest BCUT2D eigenvalue weighted by Crippen LogP contribution is 2.19. The number of nitrogens with zero attached hydrogens (tertiary/aromatic N) is 1. The molecule has 2 saturated heterocycles. The summed E-state index contributed by atoms with van der Waals surface area (Å²) < 4.78 is 10.4. The molecule has 116 valence electrons. The van der Waals surface area contributed by atoms with Crippen molar-refractivity contribution in [2.75, 3.05) is 46.6 Å². The van der Waals surface area contributed by atoms with Crippen molar-refractivity contribution < 1.29 is 14.3 Å². The van der Waals surface area contributed by atoms with Crippen LogP contribution >= 0.6 is 0 Å². The SMILES string of the molecule is COCCN1CCCC1CNC(=O)C1(N)CCOCC1. The van der Waals surface area contributed by atoms with Gasteiger partial charge in [0.25, 0.3) is 0 Å². The molecule has 2 aliphatic rings. The maximum atomic E-state index is 12.3. The first-order valence-electron chi connectivity index (χ1n) is 7.53. The molecule has 1 unspecified atom stereocenters. The van der Waals surface area contributed by atoms with Gasteiger partial charge in [0.1, 0.15) is 0 Å². The number of nitrogens with two attached hydrogens (primary N) is 1. The number of hydrogen-bond donors (Lipinski definition) is 2. The first-order chi connectivity index (χ1) is 9.65. The quantitative estimate of drug-likeness (QED) is 0.702.